The van der Waals surface area contributed by atoms with E-state index >= 15 is 0 Å². The summed E-state index contributed by atoms with van der Waals surface area (Å²) in [6.45, 7) is 0. The number of hydrogen-bond acceptors (Lipinski definition) is 2. The van der Waals surface area contributed by atoms with E-state index in [0.29, 0.717) is 0 Å². The highest BCUT2D eigenvalue weighted by molar-refractivity contribution is 9.11. The number of nitrogens with two attached hydrogens (primary N) is 1. The van der Waals surface area contributed by atoms with Crippen LogP contribution in [0.1, 0.15) is 0 Å². The summed E-state index contributed by atoms with van der Waals surface area (Å²) in [6, 6.07) is 0. The van der Waals surface area contributed by atoms with Crippen molar-refractivity contribution in [1.82, 2.24) is 0 Å². The largest absolute Gasteiger partial charge is 0.306 e. The van der Waals surface area contributed by atoms with Gasteiger partial charge in [0, 0.05) is 0 Å². The van der Waals surface area contributed by atoms with Crippen molar-refractivity contribution >= 4 is 27.0 Å². The van der Waals surface area contributed by atoms with E-state index in [0.717, 1.165) is 0 Å². The normalized spacial score (nSPS) is 19.8. The minimum absolute atomic E-state index is 0.808. The molecule has 5 heteroatoms. The van der Waals surface area contributed by atoms with Crippen LogP contribution in [0.15, 0.2) is 0 Å². The van der Waals surface area contributed by atoms with Crippen LogP contribution in [0.4, 0.5) is 0 Å². The fraction of sp³-hybridized carbons (Fsp3) is 1.00. The fourth-order valence-corrected chi connectivity index (χ4v) is 0. The van der Waals surface area contributed by atoms with Crippen LogP contribution < -0.4 is 5.73 Å². The summed E-state index contributed by atoms with van der Waals surface area (Å²) in [5, 5.41) is 0. The van der Waals surface area contributed by atoms with E-state index in [4.69, 9.17) is 10.3 Å². The maximum absolute atomic E-state index is 9.64. The molecular formula is CH4BrNO2S. The molecule has 0 saturated carbocycles. The molecule has 2 atom stereocenters. The highest BCUT2D eigenvalue weighted by atomic mass is 79.9. The Bertz CT molecular complexity index is 64.6. The lowest BCUT2D eigenvalue weighted by Gasteiger charge is -1.89. The molecule has 0 aliphatic rings. The van der Waals surface area contributed by atoms with E-state index in [1.165, 1.54) is 0 Å². The molecule has 0 amide bonds. The number of hydrogen-bond donors (Lipinski definition) is 2. The Morgan fingerprint density at radius 1 is 2.00 bits per heavy atom. The Morgan fingerprint density at radius 2 is 2.17 bits per heavy atom. The van der Waals surface area contributed by atoms with Gasteiger partial charge in [0.05, 0.1) is 0 Å². The molecule has 0 heterocycles. The van der Waals surface area contributed by atoms with Crippen molar-refractivity contribution < 1.29 is 8.76 Å². The monoisotopic (exact) mass is 173 g/mol. The zero-order valence-electron chi connectivity index (χ0n) is 2.80. The molecule has 6 heavy (non-hydrogen) atoms. The minimum atomic E-state index is -1.92. The summed E-state index contributed by atoms with van der Waals surface area (Å²) < 4.78 is 16.8. The van der Waals surface area contributed by atoms with Gasteiger partial charge in [-0.15, -0.1) is 0 Å². The third kappa shape index (κ3) is 2.77. The first kappa shape index (κ1) is 6.55. The minimum Gasteiger partial charge on any atom is -0.306 e. The van der Waals surface area contributed by atoms with Gasteiger partial charge in [0.2, 0.25) is 0 Å². The van der Waals surface area contributed by atoms with E-state index in [-0.39, 0.29) is 0 Å². The van der Waals surface area contributed by atoms with Crippen LogP contribution in [0.25, 0.3) is 0 Å². The molecule has 0 fully saturated rings. The predicted octanol–water partition coefficient (Wildman–Crippen LogP) is -0.155. The number of rotatable bonds is 1. The fourth-order valence-electron chi connectivity index (χ4n) is 0. The Hall–Kier alpha value is 0.550. The highest BCUT2D eigenvalue weighted by Gasteiger charge is 1.98. The standard InChI is InChI=1S/CH4BrNO2S/c2-1(3)6(4)5/h1H,3H2,(H,4,5). The summed E-state index contributed by atoms with van der Waals surface area (Å²) in [6.07, 6.45) is 0. The van der Waals surface area contributed by atoms with Crippen molar-refractivity contribution in [1.29, 1.82) is 0 Å². The van der Waals surface area contributed by atoms with Gasteiger partial charge >= 0.3 is 0 Å². The van der Waals surface area contributed by atoms with Crippen molar-refractivity contribution in [2.24, 2.45) is 5.73 Å². The Kier molecular flexibility index (Phi) is 2.92. The Labute approximate surface area is 46.3 Å². The quantitative estimate of drug-likeness (QED) is 0.330. The van der Waals surface area contributed by atoms with E-state index in [2.05, 4.69) is 15.9 Å². The lowest BCUT2D eigenvalue weighted by atomic mass is 11.5. The molecule has 3 nitrogen and oxygen atoms in total. The van der Waals surface area contributed by atoms with Crippen molar-refractivity contribution in [2.45, 2.75) is 4.28 Å². The van der Waals surface area contributed by atoms with Gasteiger partial charge in [-0.25, -0.2) is 4.21 Å². The number of alkyl halides is 1. The first-order chi connectivity index (χ1) is 2.64. The molecule has 38 valence electrons. The van der Waals surface area contributed by atoms with Gasteiger partial charge in [-0.05, 0) is 0 Å². The topological polar surface area (TPSA) is 63.3 Å². The zero-order chi connectivity index (χ0) is 5.15. The summed E-state index contributed by atoms with van der Waals surface area (Å²) in [7, 11) is 0. The van der Waals surface area contributed by atoms with Crippen molar-refractivity contribution in [3.63, 3.8) is 0 Å². The smallest absolute Gasteiger partial charge is 0.181 e. The summed E-state index contributed by atoms with van der Waals surface area (Å²) in [5.74, 6) is 0. The molecule has 0 bridgehead atoms. The van der Waals surface area contributed by atoms with Crippen LogP contribution in [0.5, 0.6) is 0 Å². The summed E-state index contributed by atoms with van der Waals surface area (Å²) in [5.41, 5.74) is 4.80. The Balaban J connectivity index is 3.26. The third-order valence-corrected chi connectivity index (χ3v) is 1.54. The molecule has 0 aromatic heterocycles. The van der Waals surface area contributed by atoms with Crippen LogP contribution in [-0.4, -0.2) is 13.0 Å². The van der Waals surface area contributed by atoms with Gasteiger partial charge in [-0.3, -0.25) is 0 Å². The van der Waals surface area contributed by atoms with Crippen LogP contribution in [0, 0.1) is 0 Å². The van der Waals surface area contributed by atoms with Crippen molar-refractivity contribution in [3.8, 4) is 0 Å². The SMILES string of the molecule is NC(Br)S(=O)O. The van der Waals surface area contributed by atoms with E-state index in [1.54, 1.807) is 0 Å². The van der Waals surface area contributed by atoms with Gasteiger partial charge in [0.1, 0.15) is 0 Å². The molecule has 0 aromatic carbocycles. The average Bonchev–Trinajstić information content (AvgIpc) is 1.36. The summed E-state index contributed by atoms with van der Waals surface area (Å²) in [4.78, 5) is 0. The second kappa shape index (κ2) is 2.68. The van der Waals surface area contributed by atoms with E-state index in [1.807, 2.05) is 0 Å². The molecule has 0 aliphatic heterocycles. The first-order valence-electron chi connectivity index (χ1n) is 1.14. The molecule has 3 N–H and O–H groups in total. The average molecular weight is 174 g/mol. The van der Waals surface area contributed by atoms with Gasteiger partial charge in [-0.1, -0.05) is 15.9 Å². The predicted molar refractivity (Wildman–Crippen MR) is 27.7 cm³/mol. The molecule has 0 aromatic rings. The van der Waals surface area contributed by atoms with Gasteiger partial charge in [-0.2, -0.15) is 0 Å². The Morgan fingerprint density at radius 3 is 2.17 bits per heavy atom. The molecule has 2 unspecified atom stereocenters. The molecule has 0 aliphatic carbocycles. The first-order valence-corrected chi connectivity index (χ1v) is 3.22. The maximum atomic E-state index is 9.64. The molecule has 0 spiro atoms. The lowest BCUT2D eigenvalue weighted by molar-refractivity contribution is 0.562. The molecule has 0 rings (SSSR count). The van der Waals surface area contributed by atoms with Crippen LogP contribution in [-0.2, 0) is 11.1 Å². The van der Waals surface area contributed by atoms with E-state index in [9.17, 15) is 4.21 Å². The van der Waals surface area contributed by atoms with Crippen LogP contribution in [0.2, 0.25) is 0 Å². The number of halogens is 1. The van der Waals surface area contributed by atoms with E-state index < -0.39 is 15.4 Å². The van der Waals surface area contributed by atoms with Crippen LogP contribution >= 0.6 is 15.9 Å². The molecule has 0 saturated heterocycles. The van der Waals surface area contributed by atoms with Crippen molar-refractivity contribution in [3.05, 3.63) is 0 Å². The lowest BCUT2D eigenvalue weighted by Crippen LogP contribution is -2.16. The van der Waals surface area contributed by atoms with Crippen LogP contribution in [0.3, 0.4) is 0 Å². The summed E-state index contributed by atoms with van der Waals surface area (Å²) >= 11 is 0.743. The third-order valence-electron chi connectivity index (χ3n) is 0.193. The van der Waals surface area contributed by atoms with Gasteiger partial charge in [0.15, 0.2) is 15.4 Å². The maximum Gasteiger partial charge on any atom is 0.181 e. The van der Waals surface area contributed by atoms with Gasteiger partial charge in [0.25, 0.3) is 0 Å². The van der Waals surface area contributed by atoms with Crippen molar-refractivity contribution in [2.75, 3.05) is 0 Å². The zero-order valence-corrected chi connectivity index (χ0v) is 5.20. The highest BCUT2D eigenvalue weighted by Crippen LogP contribution is 1.90. The van der Waals surface area contributed by atoms with Gasteiger partial charge < -0.3 is 10.3 Å². The molecule has 0 radical (unpaired) electrons. The second-order valence-electron chi connectivity index (χ2n) is 0.627. The molecular weight excluding hydrogens is 170 g/mol. The second-order valence-corrected chi connectivity index (χ2v) is 3.28.